The van der Waals surface area contributed by atoms with E-state index in [0.29, 0.717) is 22.5 Å². The Kier molecular flexibility index (Phi) is 3.24. The van der Waals surface area contributed by atoms with Crippen LogP contribution in [0, 0.1) is 6.92 Å². The summed E-state index contributed by atoms with van der Waals surface area (Å²) in [6.07, 6.45) is 0. The lowest BCUT2D eigenvalue weighted by molar-refractivity contribution is 0.0562. The minimum atomic E-state index is -0.581. The fourth-order valence-electron chi connectivity index (χ4n) is 2.19. The zero-order valence-electron chi connectivity index (χ0n) is 12.2. The van der Waals surface area contributed by atoms with Crippen molar-refractivity contribution in [3.05, 3.63) is 39.7 Å². The fraction of sp³-hybridized carbons (Fsp3) is 0.308. The molecule has 0 unspecified atom stereocenters. The van der Waals surface area contributed by atoms with Gasteiger partial charge in [-0.2, -0.15) is 5.10 Å². The molecule has 0 atom stereocenters. The fourth-order valence-corrected chi connectivity index (χ4v) is 2.19. The predicted octanol–water partition coefficient (Wildman–Crippen LogP) is 0.261. The van der Waals surface area contributed by atoms with Crippen LogP contribution in [0.4, 0.5) is 0 Å². The van der Waals surface area contributed by atoms with Crippen LogP contribution >= 0.6 is 0 Å². The lowest BCUT2D eigenvalue weighted by Gasteiger charge is -2.01. The molecule has 9 heteroatoms. The Balaban J connectivity index is 1.99. The van der Waals surface area contributed by atoms with Crippen molar-refractivity contribution < 1.29 is 13.9 Å². The summed E-state index contributed by atoms with van der Waals surface area (Å²) < 4.78 is 12.5. The summed E-state index contributed by atoms with van der Waals surface area (Å²) in [6, 6.07) is 3.06. The van der Waals surface area contributed by atoms with Gasteiger partial charge in [-0.25, -0.2) is 9.48 Å². The van der Waals surface area contributed by atoms with Crippen LogP contribution in [0.3, 0.4) is 0 Å². The molecule has 0 aromatic carbocycles. The van der Waals surface area contributed by atoms with Gasteiger partial charge in [-0.1, -0.05) is 5.21 Å². The Bertz CT molecular complexity index is 920. The minimum Gasteiger partial charge on any atom is -0.463 e. The number of carbonyl (C=O) groups excluding carboxylic acids is 1. The number of esters is 1. The van der Waals surface area contributed by atoms with Crippen LogP contribution in [0.25, 0.3) is 11.0 Å². The number of furan rings is 1. The molecule has 22 heavy (non-hydrogen) atoms. The van der Waals surface area contributed by atoms with Crippen LogP contribution in [-0.4, -0.2) is 37.9 Å². The summed E-state index contributed by atoms with van der Waals surface area (Å²) in [5.74, 6) is -0.117. The summed E-state index contributed by atoms with van der Waals surface area (Å²) in [5, 5.41) is 12.0. The number of methoxy groups -OCH3 is 1. The minimum absolute atomic E-state index is 0.0585. The van der Waals surface area contributed by atoms with Crippen molar-refractivity contribution in [3.63, 3.8) is 0 Å². The second-order valence-electron chi connectivity index (χ2n) is 4.72. The summed E-state index contributed by atoms with van der Waals surface area (Å²) in [6.45, 7) is 1.82. The summed E-state index contributed by atoms with van der Waals surface area (Å²) in [5.41, 5.74) is 1.15. The molecule has 3 heterocycles. The van der Waals surface area contributed by atoms with Gasteiger partial charge in [0.25, 0.3) is 5.56 Å². The number of ether oxygens (including phenoxy) is 1. The third-order valence-electron chi connectivity index (χ3n) is 3.23. The zero-order valence-corrected chi connectivity index (χ0v) is 12.2. The maximum absolute atomic E-state index is 12.4. The zero-order chi connectivity index (χ0) is 15.9. The number of hydrogen-bond donors (Lipinski definition) is 0. The van der Waals surface area contributed by atoms with Gasteiger partial charge < -0.3 is 9.15 Å². The van der Waals surface area contributed by atoms with Crippen molar-refractivity contribution in [3.8, 4) is 0 Å². The Morgan fingerprint density at radius 2 is 2.18 bits per heavy atom. The second kappa shape index (κ2) is 5.10. The number of aromatic nitrogens is 5. The molecule has 3 rings (SSSR count). The first-order chi connectivity index (χ1) is 10.5. The lowest BCUT2D eigenvalue weighted by Crippen LogP contribution is -2.25. The van der Waals surface area contributed by atoms with Crippen LogP contribution in [0.2, 0.25) is 0 Å². The lowest BCUT2D eigenvalue weighted by atomic mass is 10.4. The van der Waals surface area contributed by atoms with Gasteiger partial charge in [-0.05, 0) is 19.1 Å². The van der Waals surface area contributed by atoms with Gasteiger partial charge in [0.1, 0.15) is 17.8 Å². The molecule has 114 valence electrons. The van der Waals surface area contributed by atoms with Crippen molar-refractivity contribution >= 4 is 17.0 Å². The number of aryl methyl sites for hydroxylation is 2. The first-order valence-corrected chi connectivity index (χ1v) is 6.45. The predicted molar refractivity (Wildman–Crippen MR) is 74.5 cm³/mol. The van der Waals surface area contributed by atoms with Gasteiger partial charge >= 0.3 is 5.97 Å². The molecule has 0 spiro atoms. The van der Waals surface area contributed by atoms with Crippen LogP contribution in [0.5, 0.6) is 0 Å². The summed E-state index contributed by atoms with van der Waals surface area (Å²) in [7, 11) is 2.93. The molecule has 0 aliphatic heterocycles. The Hall–Kier alpha value is -2.97. The van der Waals surface area contributed by atoms with E-state index in [4.69, 9.17) is 4.42 Å². The van der Waals surface area contributed by atoms with Gasteiger partial charge in [-0.15, -0.1) is 5.10 Å². The molecule has 0 amide bonds. The molecule has 0 saturated heterocycles. The topological polar surface area (TPSA) is 105 Å². The number of rotatable bonds is 3. The standard InChI is InChI=1S/C13H13N5O4/c1-7-10-11(17(2)15-7)12(19)18(16-14-10)6-8-4-5-9(22-8)13(20)21-3/h4-5H,6H2,1-3H3. The van der Waals surface area contributed by atoms with E-state index in [1.807, 2.05) is 0 Å². The van der Waals surface area contributed by atoms with Crippen molar-refractivity contribution in [1.82, 2.24) is 24.8 Å². The summed E-state index contributed by atoms with van der Waals surface area (Å²) in [4.78, 5) is 23.8. The van der Waals surface area contributed by atoms with Gasteiger partial charge in [-0.3, -0.25) is 9.48 Å². The van der Waals surface area contributed by atoms with E-state index in [1.54, 1.807) is 20.0 Å². The van der Waals surface area contributed by atoms with Crippen LogP contribution in [-0.2, 0) is 18.3 Å². The first-order valence-electron chi connectivity index (χ1n) is 6.45. The molecular formula is C13H13N5O4. The van der Waals surface area contributed by atoms with E-state index in [0.717, 1.165) is 4.68 Å². The van der Waals surface area contributed by atoms with E-state index in [1.165, 1.54) is 17.9 Å². The Morgan fingerprint density at radius 3 is 2.91 bits per heavy atom. The van der Waals surface area contributed by atoms with Crippen LogP contribution in [0.15, 0.2) is 21.3 Å². The molecule has 3 aromatic heterocycles. The van der Waals surface area contributed by atoms with Gasteiger partial charge in [0, 0.05) is 7.05 Å². The Morgan fingerprint density at radius 1 is 1.41 bits per heavy atom. The average Bonchev–Trinajstić information content (AvgIpc) is 3.06. The average molecular weight is 303 g/mol. The third-order valence-corrected chi connectivity index (χ3v) is 3.23. The highest BCUT2D eigenvalue weighted by Gasteiger charge is 2.16. The molecule has 0 bridgehead atoms. The molecule has 0 fully saturated rings. The largest absolute Gasteiger partial charge is 0.463 e. The highest BCUT2D eigenvalue weighted by Crippen LogP contribution is 2.11. The van der Waals surface area contributed by atoms with Crippen molar-refractivity contribution in [1.29, 1.82) is 0 Å². The van der Waals surface area contributed by atoms with Crippen molar-refractivity contribution in [2.45, 2.75) is 13.5 Å². The smallest absolute Gasteiger partial charge is 0.373 e. The van der Waals surface area contributed by atoms with Crippen molar-refractivity contribution in [2.24, 2.45) is 7.05 Å². The summed E-state index contributed by atoms with van der Waals surface area (Å²) >= 11 is 0. The highest BCUT2D eigenvalue weighted by molar-refractivity contribution is 5.86. The quantitative estimate of drug-likeness (QED) is 0.639. The molecule has 3 aromatic rings. The van der Waals surface area contributed by atoms with Gasteiger partial charge in [0.05, 0.1) is 12.8 Å². The SMILES string of the molecule is COC(=O)c1ccc(Cn2nnc3c(C)nn(C)c3c2=O)o1. The maximum Gasteiger partial charge on any atom is 0.373 e. The van der Waals surface area contributed by atoms with Gasteiger partial charge in [0.15, 0.2) is 5.52 Å². The molecular weight excluding hydrogens is 290 g/mol. The monoisotopic (exact) mass is 303 g/mol. The van der Waals surface area contributed by atoms with Crippen LogP contribution in [0.1, 0.15) is 22.0 Å². The van der Waals surface area contributed by atoms with E-state index in [2.05, 4.69) is 20.1 Å². The van der Waals surface area contributed by atoms with Crippen molar-refractivity contribution in [2.75, 3.05) is 7.11 Å². The van der Waals surface area contributed by atoms with E-state index >= 15 is 0 Å². The molecule has 9 nitrogen and oxygen atoms in total. The molecule has 0 saturated carbocycles. The molecule has 0 radical (unpaired) electrons. The van der Waals surface area contributed by atoms with Crippen LogP contribution < -0.4 is 5.56 Å². The third kappa shape index (κ3) is 2.16. The number of fused-ring (bicyclic) bond motifs is 1. The molecule has 0 N–H and O–H groups in total. The first kappa shape index (κ1) is 14.0. The Labute approximate surface area is 124 Å². The van der Waals surface area contributed by atoms with E-state index in [-0.39, 0.29) is 17.9 Å². The maximum atomic E-state index is 12.4. The van der Waals surface area contributed by atoms with E-state index < -0.39 is 5.97 Å². The van der Waals surface area contributed by atoms with E-state index in [9.17, 15) is 9.59 Å². The normalized spacial score (nSPS) is 11.0. The number of nitrogens with zero attached hydrogens (tertiary/aromatic N) is 5. The molecule has 0 aliphatic rings. The second-order valence-corrected chi connectivity index (χ2v) is 4.72. The number of carbonyl (C=O) groups is 1. The number of hydrogen-bond acceptors (Lipinski definition) is 7. The van der Waals surface area contributed by atoms with Gasteiger partial charge in [0.2, 0.25) is 5.76 Å². The molecule has 0 aliphatic carbocycles. The highest BCUT2D eigenvalue weighted by atomic mass is 16.5.